The van der Waals surface area contributed by atoms with Crippen LogP contribution in [0.15, 0.2) is 30.6 Å². The average molecular weight is 353 g/mol. The van der Waals surface area contributed by atoms with E-state index < -0.39 is 5.97 Å². The molecule has 6 nitrogen and oxygen atoms in total. The summed E-state index contributed by atoms with van der Waals surface area (Å²) < 4.78 is 5.75. The third-order valence-electron chi connectivity index (χ3n) is 4.26. The molecule has 4 rings (SSSR count). The first-order chi connectivity index (χ1) is 12.1. The number of nitrogens with two attached hydrogens (primary N) is 1. The Bertz CT molecular complexity index is 997. The minimum absolute atomic E-state index is 0.196. The fourth-order valence-corrected chi connectivity index (χ4v) is 4.21. The molecule has 1 aliphatic heterocycles. The largest absolute Gasteiger partial charge is 0.491 e. The lowest BCUT2D eigenvalue weighted by Gasteiger charge is -2.09. The number of hydrogen-bond donors (Lipinski definition) is 2. The molecule has 1 aliphatic rings. The van der Waals surface area contributed by atoms with E-state index in [1.54, 1.807) is 13.1 Å². The normalized spacial score (nSPS) is 12.7. The molecule has 0 saturated heterocycles. The molecule has 0 fully saturated rings. The molecular weight excluding hydrogens is 338 g/mol. The Morgan fingerprint density at radius 3 is 3.04 bits per heavy atom. The minimum Gasteiger partial charge on any atom is -0.491 e. The van der Waals surface area contributed by atoms with E-state index in [2.05, 4.69) is 9.97 Å². The summed E-state index contributed by atoms with van der Waals surface area (Å²) in [5.41, 5.74) is 8.94. The Hall–Kier alpha value is -2.93. The Morgan fingerprint density at radius 2 is 2.24 bits per heavy atom. The van der Waals surface area contributed by atoms with E-state index in [1.807, 2.05) is 18.2 Å². The molecule has 3 aromatic heterocycles. The highest BCUT2D eigenvalue weighted by atomic mass is 32.1. The van der Waals surface area contributed by atoms with E-state index in [4.69, 9.17) is 10.5 Å². The lowest BCUT2D eigenvalue weighted by atomic mass is 10.0. The second-order valence-corrected chi connectivity index (χ2v) is 6.83. The number of thiophene rings is 1. The monoisotopic (exact) mass is 353 g/mol. The van der Waals surface area contributed by atoms with Crippen LogP contribution in [0.2, 0.25) is 0 Å². The molecule has 126 valence electrons. The molecule has 0 amide bonds. The minimum atomic E-state index is -1.01. The van der Waals surface area contributed by atoms with Gasteiger partial charge in [-0.05, 0) is 30.7 Å². The van der Waals surface area contributed by atoms with Crippen LogP contribution in [0.4, 0.5) is 5.82 Å². The zero-order valence-electron chi connectivity index (χ0n) is 13.4. The molecule has 0 aromatic carbocycles. The molecule has 3 aromatic rings. The van der Waals surface area contributed by atoms with E-state index in [1.165, 1.54) is 17.5 Å². The number of aromatic carboxylic acids is 1. The molecule has 25 heavy (non-hydrogen) atoms. The number of fused-ring (bicyclic) bond motifs is 3. The molecule has 4 heterocycles. The zero-order chi connectivity index (χ0) is 17.6. The molecule has 0 atom stereocenters. The zero-order valence-corrected chi connectivity index (χ0v) is 14.3. The number of nitrogen functional groups attached to an aromatic ring is 1. The van der Waals surface area contributed by atoms with Crippen LogP contribution in [0.1, 0.15) is 21.5 Å². The smallest absolute Gasteiger partial charge is 0.336 e. The molecule has 7 heteroatoms. The average Bonchev–Trinajstić information content (AvgIpc) is 2.93. The Morgan fingerprint density at radius 1 is 1.40 bits per heavy atom. The number of hydrogen-bond acceptors (Lipinski definition) is 6. The Labute approximate surface area is 147 Å². The van der Waals surface area contributed by atoms with Gasteiger partial charge in [0.1, 0.15) is 17.3 Å². The van der Waals surface area contributed by atoms with Crippen molar-refractivity contribution in [2.24, 2.45) is 0 Å². The van der Waals surface area contributed by atoms with Gasteiger partial charge in [0, 0.05) is 34.8 Å². The number of carbonyl (C=O) groups is 1. The summed E-state index contributed by atoms with van der Waals surface area (Å²) in [7, 11) is 0. The number of anilines is 1. The van der Waals surface area contributed by atoms with Crippen LogP contribution < -0.4 is 10.5 Å². The van der Waals surface area contributed by atoms with Crippen molar-refractivity contribution in [2.45, 2.75) is 13.3 Å². The van der Waals surface area contributed by atoms with E-state index in [0.29, 0.717) is 17.7 Å². The number of carboxylic acids is 1. The van der Waals surface area contributed by atoms with E-state index in [9.17, 15) is 9.90 Å². The Kier molecular flexibility index (Phi) is 3.65. The maximum absolute atomic E-state index is 11.8. The van der Waals surface area contributed by atoms with Crippen molar-refractivity contribution in [2.75, 3.05) is 12.3 Å². The summed E-state index contributed by atoms with van der Waals surface area (Å²) in [5, 5.41) is 9.63. The molecule has 0 bridgehead atoms. The molecule has 0 saturated carbocycles. The highest BCUT2D eigenvalue weighted by Crippen LogP contribution is 2.43. The van der Waals surface area contributed by atoms with Crippen molar-refractivity contribution in [3.8, 4) is 26.8 Å². The third kappa shape index (κ3) is 2.53. The van der Waals surface area contributed by atoms with Gasteiger partial charge in [-0.15, -0.1) is 11.3 Å². The van der Waals surface area contributed by atoms with Gasteiger partial charge >= 0.3 is 5.97 Å². The number of ether oxygens (including phenoxy) is 1. The van der Waals surface area contributed by atoms with E-state index in [0.717, 1.165) is 33.2 Å². The molecule has 0 spiro atoms. The van der Waals surface area contributed by atoms with Crippen LogP contribution >= 0.6 is 11.3 Å². The number of rotatable bonds is 2. The van der Waals surface area contributed by atoms with E-state index >= 15 is 0 Å². The van der Waals surface area contributed by atoms with Crippen molar-refractivity contribution < 1.29 is 14.6 Å². The summed E-state index contributed by atoms with van der Waals surface area (Å²) in [6.07, 6.45) is 4.01. The standard InChI is InChI=1S/C18H15N3O3S/c1-9-14(18(22)23)11(8-21-17(9)19)13-7-10-4-6-24-12-3-2-5-20-15(12)16(10)25-13/h2-3,5,7-8H,4,6H2,1H3,(H2,19,21)(H,22,23). The van der Waals surface area contributed by atoms with Crippen LogP contribution in [-0.2, 0) is 6.42 Å². The highest BCUT2D eigenvalue weighted by Gasteiger charge is 2.24. The maximum Gasteiger partial charge on any atom is 0.336 e. The number of aromatic nitrogens is 2. The molecule has 3 N–H and O–H groups in total. The first-order valence-electron chi connectivity index (χ1n) is 7.76. The van der Waals surface area contributed by atoms with E-state index in [-0.39, 0.29) is 11.4 Å². The van der Waals surface area contributed by atoms with Gasteiger partial charge in [0.05, 0.1) is 17.0 Å². The SMILES string of the molecule is Cc1c(N)ncc(-c2cc3c(s2)-c2ncccc2OCC3)c1C(=O)O. The van der Waals surface area contributed by atoms with Crippen molar-refractivity contribution in [3.05, 3.63) is 47.3 Å². The summed E-state index contributed by atoms with van der Waals surface area (Å²) in [5.74, 6) is -0.0218. The van der Waals surface area contributed by atoms with Gasteiger partial charge in [0.25, 0.3) is 0 Å². The van der Waals surface area contributed by atoms with Gasteiger partial charge in [0.2, 0.25) is 0 Å². The predicted molar refractivity (Wildman–Crippen MR) is 96.1 cm³/mol. The second kappa shape index (κ2) is 5.86. The van der Waals surface area contributed by atoms with Gasteiger partial charge in [-0.3, -0.25) is 4.98 Å². The quantitative estimate of drug-likeness (QED) is 0.733. The van der Waals surface area contributed by atoms with Gasteiger partial charge in [-0.2, -0.15) is 0 Å². The highest BCUT2D eigenvalue weighted by molar-refractivity contribution is 7.19. The number of nitrogens with zero attached hydrogens (tertiary/aromatic N) is 2. The van der Waals surface area contributed by atoms with Gasteiger partial charge < -0.3 is 15.6 Å². The number of carboxylic acid groups (broad SMARTS) is 1. The van der Waals surface area contributed by atoms with Crippen LogP contribution in [0.5, 0.6) is 5.75 Å². The molecular formula is C18H15N3O3S. The van der Waals surface area contributed by atoms with Crippen LogP contribution in [0.3, 0.4) is 0 Å². The van der Waals surface area contributed by atoms with Crippen molar-refractivity contribution >= 4 is 23.1 Å². The first-order valence-corrected chi connectivity index (χ1v) is 8.57. The topological polar surface area (TPSA) is 98.3 Å². The van der Waals surface area contributed by atoms with Crippen LogP contribution in [0, 0.1) is 6.92 Å². The predicted octanol–water partition coefficient (Wildman–Crippen LogP) is 3.40. The van der Waals surface area contributed by atoms with Crippen molar-refractivity contribution in [1.29, 1.82) is 0 Å². The van der Waals surface area contributed by atoms with Crippen molar-refractivity contribution in [1.82, 2.24) is 9.97 Å². The van der Waals surface area contributed by atoms with Crippen molar-refractivity contribution in [3.63, 3.8) is 0 Å². The second-order valence-electron chi connectivity index (χ2n) is 5.78. The Balaban J connectivity index is 1.92. The summed E-state index contributed by atoms with van der Waals surface area (Å²) in [6.45, 7) is 2.24. The van der Waals surface area contributed by atoms with Crippen LogP contribution in [0.25, 0.3) is 21.0 Å². The third-order valence-corrected chi connectivity index (χ3v) is 5.48. The summed E-state index contributed by atoms with van der Waals surface area (Å²) >= 11 is 1.50. The lowest BCUT2D eigenvalue weighted by Crippen LogP contribution is -2.07. The number of pyridine rings is 2. The van der Waals surface area contributed by atoms with Gasteiger partial charge in [0.15, 0.2) is 0 Å². The first kappa shape index (κ1) is 15.6. The summed E-state index contributed by atoms with van der Waals surface area (Å²) in [4.78, 5) is 22.2. The molecule has 0 unspecified atom stereocenters. The lowest BCUT2D eigenvalue weighted by molar-refractivity contribution is 0.0697. The fourth-order valence-electron chi connectivity index (χ4n) is 2.98. The van der Waals surface area contributed by atoms with Crippen LogP contribution in [-0.4, -0.2) is 27.7 Å². The fraction of sp³-hybridized carbons (Fsp3) is 0.167. The molecule has 0 radical (unpaired) electrons. The maximum atomic E-state index is 11.8. The molecule has 0 aliphatic carbocycles. The van der Waals surface area contributed by atoms with Gasteiger partial charge in [-0.1, -0.05) is 0 Å². The summed E-state index contributed by atoms with van der Waals surface area (Å²) in [6, 6.07) is 5.74. The van der Waals surface area contributed by atoms with Gasteiger partial charge in [-0.25, -0.2) is 9.78 Å².